The Labute approximate surface area is 96.9 Å². The summed E-state index contributed by atoms with van der Waals surface area (Å²) in [7, 11) is 3.62. The van der Waals surface area contributed by atoms with Crippen LogP contribution < -0.4 is 5.32 Å². The van der Waals surface area contributed by atoms with Gasteiger partial charge in [0.25, 0.3) is 0 Å². The van der Waals surface area contributed by atoms with E-state index in [4.69, 9.17) is 13.9 Å². The molecule has 4 nitrogen and oxygen atoms in total. The van der Waals surface area contributed by atoms with Crippen molar-refractivity contribution in [3.8, 4) is 0 Å². The molecule has 4 heteroatoms. The van der Waals surface area contributed by atoms with Crippen molar-refractivity contribution in [3.05, 3.63) is 23.2 Å². The number of hydrogen-bond donors (Lipinski definition) is 1. The Bertz CT molecular complexity index is 296. The van der Waals surface area contributed by atoms with E-state index in [0.717, 1.165) is 31.1 Å². The van der Waals surface area contributed by atoms with Gasteiger partial charge in [0.05, 0.1) is 0 Å². The molecule has 92 valence electrons. The van der Waals surface area contributed by atoms with Crippen LogP contribution in [0.3, 0.4) is 0 Å². The van der Waals surface area contributed by atoms with Crippen molar-refractivity contribution in [2.75, 3.05) is 27.4 Å². The lowest BCUT2D eigenvalue weighted by atomic mass is 10.2. The lowest BCUT2D eigenvalue weighted by Crippen LogP contribution is -2.04. The number of ether oxygens (including phenoxy) is 2. The minimum absolute atomic E-state index is 0.536. The van der Waals surface area contributed by atoms with Gasteiger partial charge in [-0.25, -0.2) is 0 Å². The zero-order chi connectivity index (χ0) is 11.8. The van der Waals surface area contributed by atoms with Crippen LogP contribution in [0, 0.1) is 6.92 Å². The van der Waals surface area contributed by atoms with Crippen molar-refractivity contribution in [2.24, 2.45) is 0 Å². The summed E-state index contributed by atoms with van der Waals surface area (Å²) in [6, 6.07) is 2.04. The fourth-order valence-corrected chi connectivity index (χ4v) is 1.50. The fourth-order valence-electron chi connectivity index (χ4n) is 1.50. The number of aryl methyl sites for hydroxylation is 1. The molecular formula is C12H21NO3. The number of methoxy groups -OCH3 is 1. The minimum Gasteiger partial charge on any atom is -0.464 e. The number of hydrogen-bond acceptors (Lipinski definition) is 4. The normalized spacial score (nSPS) is 10.9. The zero-order valence-electron chi connectivity index (χ0n) is 10.3. The summed E-state index contributed by atoms with van der Waals surface area (Å²) in [4.78, 5) is 0. The van der Waals surface area contributed by atoms with Crippen molar-refractivity contribution in [1.29, 1.82) is 0 Å². The first-order valence-electron chi connectivity index (χ1n) is 5.57. The van der Waals surface area contributed by atoms with Gasteiger partial charge in [-0.1, -0.05) is 0 Å². The molecule has 0 spiro atoms. The van der Waals surface area contributed by atoms with Crippen LogP contribution >= 0.6 is 0 Å². The minimum atomic E-state index is 0.536. The van der Waals surface area contributed by atoms with Crippen LogP contribution in [0.5, 0.6) is 0 Å². The van der Waals surface area contributed by atoms with Gasteiger partial charge in [0, 0.05) is 32.4 Å². The van der Waals surface area contributed by atoms with Gasteiger partial charge in [0.1, 0.15) is 18.1 Å². The molecule has 0 amide bonds. The summed E-state index contributed by atoms with van der Waals surface area (Å²) in [5.41, 5.74) is 1.19. The Morgan fingerprint density at radius 3 is 2.88 bits per heavy atom. The Morgan fingerprint density at radius 1 is 1.38 bits per heavy atom. The lowest BCUT2D eigenvalue weighted by molar-refractivity contribution is 0.0823. The molecule has 0 atom stereocenters. The molecule has 0 bridgehead atoms. The molecule has 0 aliphatic heterocycles. The van der Waals surface area contributed by atoms with Crippen LogP contribution in [0.2, 0.25) is 0 Å². The smallest absolute Gasteiger partial charge is 0.130 e. The summed E-state index contributed by atoms with van der Waals surface area (Å²) >= 11 is 0. The van der Waals surface area contributed by atoms with E-state index in [-0.39, 0.29) is 0 Å². The summed E-state index contributed by atoms with van der Waals surface area (Å²) in [5, 5.41) is 3.10. The van der Waals surface area contributed by atoms with E-state index in [1.54, 1.807) is 7.11 Å². The quantitative estimate of drug-likeness (QED) is 0.688. The molecular weight excluding hydrogens is 206 g/mol. The molecule has 1 heterocycles. The summed E-state index contributed by atoms with van der Waals surface area (Å²) in [6.45, 7) is 4.78. The third kappa shape index (κ3) is 4.35. The highest BCUT2D eigenvalue weighted by Crippen LogP contribution is 2.15. The molecule has 1 N–H and O–H groups in total. The molecule has 1 rings (SSSR count). The first-order valence-corrected chi connectivity index (χ1v) is 5.57. The van der Waals surface area contributed by atoms with E-state index in [2.05, 4.69) is 5.32 Å². The van der Waals surface area contributed by atoms with Crippen LogP contribution in [0.1, 0.15) is 23.5 Å². The van der Waals surface area contributed by atoms with E-state index in [9.17, 15) is 0 Å². The second kappa shape index (κ2) is 7.44. The molecule has 0 aliphatic rings. The zero-order valence-corrected chi connectivity index (χ0v) is 10.3. The van der Waals surface area contributed by atoms with E-state index in [1.807, 2.05) is 20.0 Å². The van der Waals surface area contributed by atoms with Gasteiger partial charge in [-0.3, -0.25) is 0 Å². The average molecular weight is 227 g/mol. The first kappa shape index (κ1) is 13.2. The Morgan fingerprint density at radius 2 is 2.19 bits per heavy atom. The Hall–Kier alpha value is -0.840. The molecule has 0 radical (unpaired) electrons. The van der Waals surface area contributed by atoms with Crippen LogP contribution in [0.4, 0.5) is 0 Å². The monoisotopic (exact) mass is 227 g/mol. The molecule has 0 saturated heterocycles. The molecule has 0 saturated carbocycles. The fraction of sp³-hybridized carbons (Fsp3) is 0.667. The van der Waals surface area contributed by atoms with Gasteiger partial charge in [0.2, 0.25) is 0 Å². The topological polar surface area (TPSA) is 43.6 Å². The average Bonchev–Trinajstić information content (AvgIpc) is 2.60. The Kier molecular flexibility index (Phi) is 6.15. The van der Waals surface area contributed by atoms with E-state index >= 15 is 0 Å². The highest BCUT2D eigenvalue weighted by Gasteiger charge is 2.06. The van der Waals surface area contributed by atoms with Gasteiger partial charge in [-0.05, 0) is 26.5 Å². The second-order valence-corrected chi connectivity index (χ2v) is 3.72. The van der Waals surface area contributed by atoms with E-state index in [0.29, 0.717) is 13.2 Å². The number of furan rings is 1. The molecule has 1 aromatic heterocycles. The van der Waals surface area contributed by atoms with Crippen molar-refractivity contribution >= 4 is 0 Å². The third-order valence-corrected chi connectivity index (χ3v) is 2.32. The summed E-state index contributed by atoms with van der Waals surface area (Å²) in [6.07, 6.45) is 0.916. The first-order chi connectivity index (χ1) is 7.77. The van der Waals surface area contributed by atoms with E-state index < -0.39 is 0 Å². The van der Waals surface area contributed by atoms with Crippen molar-refractivity contribution in [1.82, 2.24) is 5.32 Å². The third-order valence-electron chi connectivity index (χ3n) is 2.32. The molecule has 16 heavy (non-hydrogen) atoms. The van der Waals surface area contributed by atoms with Crippen molar-refractivity contribution in [2.45, 2.75) is 26.5 Å². The van der Waals surface area contributed by atoms with E-state index in [1.165, 1.54) is 5.56 Å². The van der Waals surface area contributed by atoms with Gasteiger partial charge < -0.3 is 19.2 Å². The highest BCUT2D eigenvalue weighted by molar-refractivity contribution is 5.20. The maximum absolute atomic E-state index is 5.58. The number of rotatable bonds is 8. The predicted molar refractivity (Wildman–Crippen MR) is 62.4 cm³/mol. The van der Waals surface area contributed by atoms with Crippen LogP contribution in [0.15, 0.2) is 10.5 Å². The standard InChI is InChI=1S/C12H21NO3/c1-10-11(8-13-2)7-12(16-10)9-15-6-4-5-14-3/h7,13H,4-6,8-9H2,1-3H3. The maximum Gasteiger partial charge on any atom is 0.130 e. The molecule has 0 unspecified atom stereocenters. The highest BCUT2D eigenvalue weighted by atomic mass is 16.5. The van der Waals surface area contributed by atoms with Gasteiger partial charge >= 0.3 is 0 Å². The SMILES string of the molecule is CNCc1cc(COCCCOC)oc1C. The lowest BCUT2D eigenvalue weighted by Gasteiger charge is -2.00. The van der Waals surface area contributed by atoms with Crippen molar-refractivity contribution < 1.29 is 13.9 Å². The maximum atomic E-state index is 5.58. The number of nitrogens with one attached hydrogen (secondary N) is 1. The largest absolute Gasteiger partial charge is 0.464 e. The van der Waals surface area contributed by atoms with Gasteiger partial charge in [-0.2, -0.15) is 0 Å². The van der Waals surface area contributed by atoms with Crippen LogP contribution in [0.25, 0.3) is 0 Å². The second-order valence-electron chi connectivity index (χ2n) is 3.72. The van der Waals surface area contributed by atoms with Crippen LogP contribution in [-0.4, -0.2) is 27.4 Å². The molecule has 1 aromatic rings. The van der Waals surface area contributed by atoms with Crippen LogP contribution in [-0.2, 0) is 22.6 Å². The van der Waals surface area contributed by atoms with Crippen molar-refractivity contribution in [3.63, 3.8) is 0 Å². The molecule has 0 aliphatic carbocycles. The van der Waals surface area contributed by atoms with Gasteiger partial charge in [-0.15, -0.1) is 0 Å². The Balaban J connectivity index is 2.28. The predicted octanol–water partition coefficient (Wildman–Crippen LogP) is 1.86. The summed E-state index contributed by atoms with van der Waals surface area (Å²) < 4.78 is 16.0. The van der Waals surface area contributed by atoms with Gasteiger partial charge in [0.15, 0.2) is 0 Å². The summed E-state index contributed by atoms with van der Waals surface area (Å²) in [5.74, 6) is 1.85. The molecule has 0 aromatic carbocycles. The molecule has 0 fully saturated rings.